The number of thiazole rings is 1. The first-order valence-corrected chi connectivity index (χ1v) is 7.78. The standard InChI is InChI=1S/C14H13BrN4S/c15-10-5-9(7-17-8-10)12(19-16)6-14-18-11-3-1-2-4-13(11)20-14/h1-5,7-8,12,19H,6,16H2. The fourth-order valence-electron chi connectivity index (χ4n) is 2.07. The summed E-state index contributed by atoms with van der Waals surface area (Å²) in [5.74, 6) is 5.68. The van der Waals surface area contributed by atoms with Gasteiger partial charge in [-0.05, 0) is 39.7 Å². The average molecular weight is 349 g/mol. The molecule has 20 heavy (non-hydrogen) atoms. The monoisotopic (exact) mass is 348 g/mol. The van der Waals surface area contributed by atoms with Crippen molar-refractivity contribution in [3.05, 3.63) is 57.8 Å². The summed E-state index contributed by atoms with van der Waals surface area (Å²) < 4.78 is 2.14. The second-order valence-electron chi connectivity index (χ2n) is 4.44. The molecule has 1 atom stereocenters. The van der Waals surface area contributed by atoms with Crippen molar-refractivity contribution in [1.82, 2.24) is 15.4 Å². The molecule has 0 radical (unpaired) electrons. The van der Waals surface area contributed by atoms with Gasteiger partial charge in [0.2, 0.25) is 0 Å². The SMILES string of the molecule is NNC(Cc1nc2ccccc2s1)c1cncc(Br)c1. The zero-order valence-electron chi connectivity index (χ0n) is 10.6. The summed E-state index contributed by atoms with van der Waals surface area (Å²) in [5.41, 5.74) is 4.92. The van der Waals surface area contributed by atoms with E-state index in [2.05, 4.69) is 37.4 Å². The number of nitrogens with one attached hydrogen (secondary N) is 1. The average Bonchev–Trinajstić information content (AvgIpc) is 2.87. The van der Waals surface area contributed by atoms with Gasteiger partial charge in [0.15, 0.2) is 0 Å². The molecular weight excluding hydrogens is 336 g/mol. The van der Waals surface area contributed by atoms with E-state index >= 15 is 0 Å². The molecule has 0 amide bonds. The largest absolute Gasteiger partial charge is 0.271 e. The van der Waals surface area contributed by atoms with E-state index in [0.29, 0.717) is 0 Å². The highest BCUT2D eigenvalue weighted by atomic mass is 79.9. The predicted octanol–water partition coefficient (Wildman–Crippen LogP) is 3.20. The Labute approximate surface area is 129 Å². The molecule has 2 aromatic heterocycles. The van der Waals surface area contributed by atoms with Crippen molar-refractivity contribution in [3.63, 3.8) is 0 Å². The molecule has 0 aliphatic heterocycles. The number of halogens is 1. The summed E-state index contributed by atoms with van der Waals surface area (Å²) in [5, 5.41) is 1.06. The first-order valence-electron chi connectivity index (χ1n) is 6.17. The van der Waals surface area contributed by atoms with Gasteiger partial charge in [-0.2, -0.15) is 0 Å². The van der Waals surface area contributed by atoms with Crippen molar-refractivity contribution in [2.75, 3.05) is 0 Å². The number of hydrazine groups is 1. The van der Waals surface area contributed by atoms with Gasteiger partial charge in [-0.25, -0.2) is 4.98 Å². The van der Waals surface area contributed by atoms with Crippen molar-refractivity contribution in [3.8, 4) is 0 Å². The molecule has 2 heterocycles. The van der Waals surface area contributed by atoms with Crippen LogP contribution in [-0.4, -0.2) is 9.97 Å². The molecule has 3 aromatic rings. The molecule has 102 valence electrons. The van der Waals surface area contributed by atoms with Gasteiger partial charge in [0.25, 0.3) is 0 Å². The molecular formula is C14H13BrN4S. The maximum Gasteiger partial charge on any atom is 0.0958 e. The number of pyridine rings is 1. The summed E-state index contributed by atoms with van der Waals surface area (Å²) in [7, 11) is 0. The van der Waals surface area contributed by atoms with Crippen LogP contribution >= 0.6 is 27.3 Å². The Morgan fingerprint density at radius 3 is 2.90 bits per heavy atom. The Morgan fingerprint density at radius 2 is 2.15 bits per heavy atom. The van der Waals surface area contributed by atoms with Gasteiger partial charge in [-0.1, -0.05) is 12.1 Å². The quantitative estimate of drug-likeness (QED) is 0.561. The van der Waals surface area contributed by atoms with E-state index in [1.807, 2.05) is 30.5 Å². The fraction of sp³-hybridized carbons (Fsp3) is 0.143. The number of hydrogen-bond acceptors (Lipinski definition) is 5. The maximum absolute atomic E-state index is 5.68. The zero-order valence-corrected chi connectivity index (χ0v) is 13.0. The predicted molar refractivity (Wildman–Crippen MR) is 85.3 cm³/mol. The lowest BCUT2D eigenvalue weighted by Gasteiger charge is -2.14. The maximum atomic E-state index is 5.68. The summed E-state index contributed by atoms with van der Waals surface area (Å²) in [6.07, 6.45) is 4.32. The molecule has 0 aliphatic rings. The van der Waals surface area contributed by atoms with Crippen molar-refractivity contribution in [2.45, 2.75) is 12.5 Å². The molecule has 1 unspecified atom stereocenters. The van der Waals surface area contributed by atoms with Crippen molar-refractivity contribution in [2.24, 2.45) is 5.84 Å². The molecule has 1 aromatic carbocycles. The fourth-order valence-corrected chi connectivity index (χ4v) is 3.47. The second-order valence-corrected chi connectivity index (χ2v) is 6.47. The second kappa shape index (κ2) is 5.97. The summed E-state index contributed by atoms with van der Waals surface area (Å²) in [4.78, 5) is 8.82. The van der Waals surface area contributed by atoms with Gasteiger partial charge in [-0.3, -0.25) is 16.3 Å². The summed E-state index contributed by atoms with van der Waals surface area (Å²) in [6.45, 7) is 0. The zero-order chi connectivity index (χ0) is 13.9. The first-order chi connectivity index (χ1) is 9.76. The molecule has 0 bridgehead atoms. The lowest BCUT2D eigenvalue weighted by molar-refractivity contribution is 0.549. The number of para-hydroxylation sites is 1. The van der Waals surface area contributed by atoms with Crippen LogP contribution < -0.4 is 11.3 Å². The third-order valence-electron chi connectivity index (χ3n) is 3.05. The van der Waals surface area contributed by atoms with Crippen molar-refractivity contribution >= 4 is 37.5 Å². The van der Waals surface area contributed by atoms with Crippen LogP contribution in [0.25, 0.3) is 10.2 Å². The molecule has 0 spiro atoms. The van der Waals surface area contributed by atoms with Crippen LogP contribution in [0.2, 0.25) is 0 Å². The molecule has 0 saturated heterocycles. The Kier molecular flexibility index (Phi) is 4.07. The number of fused-ring (bicyclic) bond motifs is 1. The molecule has 3 N–H and O–H groups in total. The van der Waals surface area contributed by atoms with Crippen LogP contribution in [0.1, 0.15) is 16.6 Å². The van der Waals surface area contributed by atoms with Gasteiger partial charge in [0, 0.05) is 23.3 Å². The number of hydrogen-bond donors (Lipinski definition) is 2. The number of nitrogens with zero attached hydrogens (tertiary/aromatic N) is 2. The van der Waals surface area contributed by atoms with Crippen LogP contribution in [0.4, 0.5) is 0 Å². The number of rotatable bonds is 4. The van der Waals surface area contributed by atoms with Gasteiger partial charge in [0.1, 0.15) is 0 Å². The lowest BCUT2D eigenvalue weighted by Crippen LogP contribution is -2.29. The van der Waals surface area contributed by atoms with Gasteiger partial charge in [0.05, 0.1) is 21.3 Å². The Bertz CT molecular complexity index is 695. The highest BCUT2D eigenvalue weighted by Crippen LogP contribution is 2.26. The minimum absolute atomic E-state index is 0.000521. The van der Waals surface area contributed by atoms with Crippen LogP contribution in [0.15, 0.2) is 47.2 Å². The minimum Gasteiger partial charge on any atom is -0.271 e. The highest BCUT2D eigenvalue weighted by Gasteiger charge is 2.14. The molecule has 0 aliphatic carbocycles. The van der Waals surface area contributed by atoms with E-state index in [0.717, 1.165) is 27.0 Å². The summed E-state index contributed by atoms with van der Waals surface area (Å²) >= 11 is 5.13. The Balaban J connectivity index is 1.87. The molecule has 0 fully saturated rings. The number of nitrogens with two attached hydrogens (primary N) is 1. The summed E-state index contributed by atoms with van der Waals surface area (Å²) in [6, 6.07) is 10.2. The van der Waals surface area contributed by atoms with E-state index < -0.39 is 0 Å². The van der Waals surface area contributed by atoms with Crippen LogP contribution in [0.3, 0.4) is 0 Å². The van der Waals surface area contributed by atoms with E-state index in [4.69, 9.17) is 5.84 Å². The Hall–Kier alpha value is -1.34. The first kappa shape index (κ1) is 13.6. The van der Waals surface area contributed by atoms with Gasteiger partial charge < -0.3 is 0 Å². The molecule has 3 rings (SSSR count). The van der Waals surface area contributed by atoms with Crippen LogP contribution in [0, 0.1) is 0 Å². The van der Waals surface area contributed by atoms with Gasteiger partial charge in [-0.15, -0.1) is 11.3 Å². The van der Waals surface area contributed by atoms with E-state index in [-0.39, 0.29) is 6.04 Å². The Morgan fingerprint density at radius 1 is 1.30 bits per heavy atom. The third-order valence-corrected chi connectivity index (χ3v) is 4.54. The smallest absolute Gasteiger partial charge is 0.0958 e. The van der Waals surface area contributed by atoms with E-state index in [1.165, 1.54) is 4.70 Å². The molecule has 4 nitrogen and oxygen atoms in total. The van der Waals surface area contributed by atoms with E-state index in [9.17, 15) is 0 Å². The minimum atomic E-state index is 0.000521. The van der Waals surface area contributed by atoms with E-state index in [1.54, 1.807) is 17.5 Å². The molecule has 6 heteroatoms. The third kappa shape index (κ3) is 2.88. The number of aromatic nitrogens is 2. The van der Waals surface area contributed by atoms with Crippen LogP contribution in [-0.2, 0) is 6.42 Å². The molecule has 0 saturated carbocycles. The number of benzene rings is 1. The van der Waals surface area contributed by atoms with Gasteiger partial charge >= 0.3 is 0 Å². The normalized spacial score (nSPS) is 12.7. The topological polar surface area (TPSA) is 63.8 Å². The van der Waals surface area contributed by atoms with Crippen molar-refractivity contribution in [1.29, 1.82) is 0 Å². The van der Waals surface area contributed by atoms with Crippen LogP contribution in [0.5, 0.6) is 0 Å². The lowest BCUT2D eigenvalue weighted by atomic mass is 10.1. The van der Waals surface area contributed by atoms with Crippen molar-refractivity contribution < 1.29 is 0 Å². The highest BCUT2D eigenvalue weighted by molar-refractivity contribution is 9.10.